The van der Waals surface area contributed by atoms with Crippen LogP contribution in [0.4, 0.5) is 11.4 Å². The maximum absolute atomic E-state index is 12.9. The fourth-order valence-electron chi connectivity index (χ4n) is 3.28. The highest BCUT2D eigenvalue weighted by Crippen LogP contribution is 2.36. The molecule has 3 N–H and O–H groups in total. The van der Waals surface area contributed by atoms with Crippen LogP contribution in [0.15, 0.2) is 42.5 Å². The summed E-state index contributed by atoms with van der Waals surface area (Å²) in [5.74, 6) is 0.566. The minimum absolute atomic E-state index is 0.211. The van der Waals surface area contributed by atoms with Gasteiger partial charge in [0.2, 0.25) is 0 Å². The highest BCUT2D eigenvalue weighted by atomic mass is 32.1. The lowest BCUT2D eigenvalue weighted by atomic mass is 10.1. The van der Waals surface area contributed by atoms with E-state index in [0.717, 1.165) is 43.7 Å². The summed E-state index contributed by atoms with van der Waals surface area (Å²) in [6.07, 6.45) is 0. The second-order valence-corrected chi connectivity index (χ2v) is 7.69. The molecule has 4 rings (SSSR count). The van der Waals surface area contributed by atoms with E-state index in [-0.39, 0.29) is 5.91 Å². The van der Waals surface area contributed by atoms with Gasteiger partial charge in [-0.15, -0.1) is 11.3 Å². The van der Waals surface area contributed by atoms with Crippen LogP contribution in [0.5, 0.6) is 5.75 Å². The second kappa shape index (κ2) is 7.13. The van der Waals surface area contributed by atoms with Crippen molar-refractivity contribution in [3.63, 3.8) is 0 Å². The summed E-state index contributed by atoms with van der Waals surface area (Å²) < 4.78 is 5.56. The molecule has 0 bridgehead atoms. The Balaban J connectivity index is 1.76. The molecule has 1 amide bonds. The number of benzene rings is 2. The van der Waals surface area contributed by atoms with Gasteiger partial charge in [0, 0.05) is 22.5 Å². The molecule has 28 heavy (non-hydrogen) atoms. The number of thiophene rings is 1. The normalized spacial score (nSPS) is 11.1. The molecular formula is C22H21N3O2S. The number of aromatic nitrogens is 1. The summed E-state index contributed by atoms with van der Waals surface area (Å²) in [5.41, 5.74) is 10.5. The fourth-order valence-corrected chi connectivity index (χ4v) is 4.26. The van der Waals surface area contributed by atoms with Crippen LogP contribution < -0.4 is 15.8 Å². The van der Waals surface area contributed by atoms with E-state index in [1.165, 1.54) is 11.3 Å². The van der Waals surface area contributed by atoms with Gasteiger partial charge >= 0.3 is 0 Å². The zero-order valence-corrected chi connectivity index (χ0v) is 16.8. The third-order valence-corrected chi connectivity index (χ3v) is 5.84. The molecule has 6 heteroatoms. The van der Waals surface area contributed by atoms with Gasteiger partial charge in [-0.2, -0.15) is 0 Å². The average molecular weight is 391 g/mol. The number of nitrogens with one attached hydrogen (secondary N) is 1. The minimum atomic E-state index is -0.211. The predicted octanol–water partition coefficient (Wildman–Crippen LogP) is 5.30. The Labute approximate surface area is 167 Å². The molecule has 142 valence electrons. The molecule has 4 aromatic rings. The van der Waals surface area contributed by atoms with Crippen molar-refractivity contribution in [3.05, 3.63) is 58.5 Å². The van der Waals surface area contributed by atoms with Gasteiger partial charge < -0.3 is 15.8 Å². The van der Waals surface area contributed by atoms with Crippen molar-refractivity contribution >= 4 is 49.7 Å². The Morgan fingerprint density at radius 1 is 1.18 bits per heavy atom. The molecule has 0 spiro atoms. The second-order valence-electron chi connectivity index (χ2n) is 6.69. The first-order valence-electron chi connectivity index (χ1n) is 9.11. The van der Waals surface area contributed by atoms with Gasteiger partial charge in [0.15, 0.2) is 0 Å². The van der Waals surface area contributed by atoms with Crippen LogP contribution in [0.3, 0.4) is 0 Å². The lowest BCUT2D eigenvalue weighted by Gasteiger charge is -2.10. The Morgan fingerprint density at radius 2 is 1.93 bits per heavy atom. The summed E-state index contributed by atoms with van der Waals surface area (Å²) >= 11 is 1.31. The Hall–Kier alpha value is -3.12. The molecular weight excluding hydrogens is 370 g/mol. The van der Waals surface area contributed by atoms with E-state index in [1.54, 1.807) is 0 Å². The number of carbonyl (C=O) groups is 1. The zero-order chi connectivity index (χ0) is 19.8. The van der Waals surface area contributed by atoms with E-state index < -0.39 is 0 Å². The number of nitrogen functional groups attached to an aromatic ring is 1. The maximum atomic E-state index is 12.9. The lowest BCUT2D eigenvalue weighted by molar-refractivity contribution is 0.103. The largest absolute Gasteiger partial charge is 0.494 e. The van der Waals surface area contributed by atoms with Crippen LogP contribution >= 0.6 is 11.3 Å². The van der Waals surface area contributed by atoms with Gasteiger partial charge in [0.1, 0.15) is 15.5 Å². The molecule has 0 saturated heterocycles. The quantitative estimate of drug-likeness (QED) is 0.495. The molecule has 0 radical (unpaired) electrons. The lowest BCUT2D eigenvalue weighted by Crippen LogP contribution is -2.13. The van der Waals surface area contributed by atoms with Gasteiger partial charge in [-0.3, -0.25) is 4.79 Å². The number of carbonyl (C=O) groups excluding carboxylic acids is 1. The molecule has 2 aromatic carbocycles. The SMILES string of the molecule is CCOc1ccc2cc3c(N)c(C(=O)Nc4c(C)cccc4C)sc3nc2c1. The van der Waals surface area contributed by atoms with Crippen molar-refractivity contribution in [2.45, 2.75) is 20.8 Å². The summed E-state index contributed by atoms with van der Waals surface area (Å²) in [6, 6.07) is 13.7. The molecule has 0 aliphatic rings. The number of hydrogen-bond acceptors (Lipinski definition) is 5. The highest BCUT2D eigenvalue weighted by Gasteiger charge is 2.19. The third kappa shape index (κ3) is 3.16. The van der Waals surface area contributed by atoms with Crippen molar-refractivity contribution in [2.75, 3.05) is 17.7 Å². The molecule has 0 aliphatic heterocycles. The van der Waals surface area contributed by atoms with Gasteiger partial charge in [-0.05, 0) is 50.1 Å². The molecule has 2 aromatic heterocycles. The van der Waals surface area contributed by atoms with Crippen LogP contribution in [0.2, 0.25) is 0 Å². The third-order valence-electron chi connectivity index (χ3n) is 4.72. The minimum Gasteiger partial charge on any atom is -0.494 e. The molecule has 0 saturated carbocycles. The summed E-state index contributed by atoms with van der Waals surface area (Å²) in [4.78, 5) is 18.8. The number of anilines is 2. The van der Waals surface area contributed by atoms with Gasteiger partial charge in [0.05, 0.1) is 17.8 Å². The monoisotopic (exact) mass is 391 g/mol. The van der Waals surface area contributed by atoms with Crippen molar-refractivity contribution < 1.29 is 9.53 Å². The number of nitrogens with two attached hydrogens (primary N) is 1. The number of rotatable bonds is 4. The van der Waals surface area contributed by atoms with E-state index in [1.807, 2.05) is 63.2 Å². The number of aryl methyl sites for hydroxylation is 2. The fraction of sp³-hybridized carbons (Fsp3) is 0.182. The smallest absolute Gasteiger partial charge is 0.267 e. The number of nitrogens with zero attached hydrogens (tertiary/aromatic N) is 1. The highest BCUT2D eigenvalue weighted by molar-refractivity contribution is 7.21. The van der Waals surface area contributed by atoms with Gasteiger partial charge in [-0.1, -0.05) is 18.2 Å². The van der Waals surface area contributed by atoms with Crippen molar-refractivity contribution in [1.82, 2.24) is 4.98 Å². The zero-order valence-electron chi connectivity index (χ0n) is 16.0. The molecule has 2 heterocycles. The number of fused-ring (bicyclic) bond motifs is 2. The van der Waals surface area contributed by atoms with E-state index in [4.69, 9.17) is 15.5 Å². The molecule has 0 unspecified atom stereocenters. The van der Waals surface area contributed by atoms with Gasteiger partial charge in [0.25, 0.3) is 5.91 Å². The van der Waals surface area contributed by atoms with Crippen LogP contribution in [-0.2, 0) is 0 Å². The van der Waals surface area contributed by atoms with Crippen LogP contribution in [0.25, 0.3) is 21.1 Å². The topological polar surface area (TPSA) is 77.2 Å². The predicted molar refractivity (Wildman–Crippen MR) is 117 cm³/mol. The van der Waals surface area contributed by atoms with E-state index >= 15 is 0 Å². The number of para-hydroxylation sites is 1. The first-order chi connectivity index (χ1) is 13.5. The Morgan fingerprint density at radius 3 is 2.64 bits per heavy atom. The molecule has 0 fully saturated rings. The number of hydrogen-bond donors (Lipinski definition) is 2. The average Bonchev–Trinajstić information content (AvgIpc) is 2.99. The van der Waals surface area contributed by atoms with E-state index in [2.05, 4.69) is 5.32 Å². The first kappa shape index (κ1) is 18.3. The summed E-state index contributed by atoms with van der Waals surface area (Å²) in [6.45, 7) is 6.49. The number of pyridine rings is 1. The molecule has 0 atom stereocenters. The Bertz CT molecular complexity index is 1190. The van der Waals surface area contributed by atoms with E-state index in [0.29, 0.717) is 17.2 Å². The van der Waals surface area contributed by atoms with Crippen molar-refractivity contribution in [2.24, 2.45) is 0 Å². The number of amides is 1. The van der Waals surface area contributed by atoms with Crippen LogP contribution in [0.1, 0.15) is 27.7 Å². The number of ether oxygens (including phenoxy) is 1. The standard InChI is InChI=1S/C22H21N3O2S/c1-4-27-15-9-8-14-10-16-18(23)20(28-22(16)24-17(14)11-15)21(26)25-19-12(2)6-5-7-13(19)3/h5-11H,4,23H2,1-3H3,(H,25,26). The molecule has 5 nitrogen and oxygen atoms in total. The van der Waals surface area contributed by atoms with Crippen LogP contribution in [-0.4, -0.2) is 17.5 Å². The van der Waals surface area contributed by atoms with E-state index in [9.17, 15) is 4.79 Å². The van der Waals surface area contributed by atoms with Crippen LogP contribution in [0, 0.1) is 13.8 Å². The maximum Gasteiger partial charge on any atom is 0.267 e. The summed E-state index contributed by atoms with van der Waals surface area (Å²) in [7, 11) is 0. The van der Waals surface area contributed by atoms with Crippen molar-refractivity contribution in [1.29, 1.82) is 0 Å². The van der Waals surface area contributed by atoms with Gasteiger partial charge in [-0.25, -0.2) is 4.98 Å². The summed E-state index contributed by atoms with van der Waals surface area (Å²) in [5, 5.41) is 4.77. The Kier molecular flexibility index (Phi) is 4.65. The first-order valence-corrected chi connectivity index (χ1v) is 9.92. The van der Waals surface area contributed by atoms with Crippen molar-refractivity contribution in [3.8, 4) is 5.75 Å². The molecule has 0 aliphatic carbocycles.